The normalized spacial score (nSPS) is 12.6. The third-order valence-electron chi connectivity index (χ3n) is 3.05. The molecule has 0 spiro atoms. The first kappa shape index (κ1) is 13.2. The molecule has 2 nitrogen and oxygen atoms in total. The lowest BCUT2D eigenvalue weighted by molar-refractivity contribution is 0.419. The summed E-state index contributed by atoms with van der Waals surface area (Å²) in [6.07, 6.45) is 9.01. The van der Waals surface area contributed by atoms with E-state index in [4.69, 9.17) is 0 Å². The van der Waals surface area contributed by atoms with E-state index in [2.05, 4.69) is 36.3 Å². The minimum absolute atomic E-state index is 0.835. The Balaban J connectivity index is 2.18. The number of rotatable bonds is 8. The number of hydrogen-bond donors (Lipinski definition) is 1. The summed E-state index contributed by atoms with van der Waals surface area (Å²) in [4.78, 5) is 4.02. The van der Waals surface area contributed by atoms with Crippen molar-refractivity contribution >= 4 is 0 Å². The van der Waals surface area contributed by atoms with Crippen molar-refractivity contribution < 1.29 is 0 Å². The van der Waals surface area contributed by atoms with Crippen LogP contribution in [0.2, 0.25) is 0 Å². The number of pyridine rings is 1. The predicted molar refractivity (Wildman–Crippen MR) is 69.2 cm³/mol. The van der Waals surface area contributed by atoms with Crippen molar-refractivity contribution in [2.45, 2.75) is 46.1 Å². The largest absolute Gasteiger partial charge is 0.312 e. The Morgan fingerprint density at radius 3 is 2.62 bits per heavy atom. The smallest absolute Gasteiger partial charge is 0.0271 e. The van der Waals surface area contributed by atoms with Gasteiger partial charge >= 0.3 is 0 Å². The summed E-state index contributed by atoms with van der Waals surface area (Å²) in [5.41, 5.74) is 1.32. The number of nitrogens with zero attached hydrogens (tertiary/aromatic N) is 1. The van der Waals surface area contributed by atoms with Gasteiger partial charge in [-0.25, -0.2) is 0 Å². The lowest BCUT2D eigenvalue weighted by atomic mass is 9.99. The first-order valence-corrected chi connectivity index (χ1v) is 6.46. The zero-order valence-electron chi connectivity index (χ0n) is 10.6. The molecule has 0 fully saturated rings. The quantitative estimate of drug-likeness (QED) is 0.726. The molecule has 0 saturated carbocycles. The third-order valence-corrected chi connectivity index (χ3v) is 3.05. The summed E-state index contributed by atoms with van der Waals surface area (Å²) in [6, 6.07) is 4.14. The van der Waals surface area contributed by atoms with E-state index in [0.29, 0.717) is 0 Å². The highest BCUT2D eigenvalue weighted by molar-refractivity contribution is 5.08. The molecule has 1 aromatic rings. The molecule has 1 aromatic heterocycles. The van der Waals surface area contributed by atoms with Crippen LogP contribution in [0.25, 0.3) is 0 Å². The highest BCUT2D eigenvalue weighted by atomic mass is 14.9. The molecular formula is C14H24N2. The lowest BCUT2D eigenvalue weighted by Crippen LogP contribution is -2.22. The van der Waals surface area contributed by atoms with E-state index < -0.39 is 0 Å². The van der Waals surface area contributed by atoms with Crippen molar-refractivity contribution in [2.75, 3.05) is 6.54 Å². The van der Waals surface area contributed by atoms with Gasteiger partial charge in [-0.15, -0.1) is 0 Å². The van der Waals surface area contributed by atoms with E-state index in [1.165, 1.54) is 31.2 Å². The Morgan fingerprint density at radius 1 is 1.25 bits per heavy atom. The fourth-order valence-corrected chi connectivity index (χ4v) is 1.86. The van der Waals surface area contributed by atoms with E-state index in [-0.39, 0.29) is 0 Å². The second kappa shape index (κ2) is 8.28. The van der Waals surface area contributed by atoms with Gasteiger partial charge in [0.25, 0.3) is 0 Å². The summed E-state index contributed by atoms with van der Waals surface area (Å²) in [7, 11) is 0. The van der Waals surface area contributed by atoms with Crippen LogP contribution in [0, 0.1) is 5.92 Å². The molecule has 1 atom stereocenters. The van der Waals surface area contributed by atoms with Crippen molar-refractivity contribution in [3.8, 4) is 0 Å². The Kier molecular flexibility index (Phi) is 6.82. The summed E-state index contributed by atoms with van der Waals surface area (Å²) >= 11 is 0. The second-order valence-corrected chi connectivity index (χ2v) is 4.40. The van der Waals surface area contributed by atoms with Crippen LogP contribution in [0.1, 0.15) is 45.1 Å². The van der Waals surface area contributed by atoms with Gasteiger partial charge in [0.2, 0.25) is 0 Å². The highest BCUT2D eigenvalue weighted by Gasteiger charge is 2.04. The molecule has 0 amide bonds. The highest BCUT2D eigenvalue weighted by Crippen LogP contribution is 2.11. The molecule has 0 aliphatic carbocycles. The standard InChI is InChI=1S/C14H24N2/c1-3-5-6-13(4-2)11-16-12-14-7-9-15-10-8-14/h7-10,13,16H,3-6,11-12H2,1-2H3. The third kappa shape index (κ3) is 5.26. The molecule has 0 aliphatic rings. The van der Waals surface area contributed by atoms with Crippen LogP contribution in [0.4, 0.5) is 0 Å². The number of unbranched alkanes of at least 4 members (excludes halogenated alkanes) is 1. The van der Waals surface area contributed by atoms with E-state index in [1.54, 1.807) is 0 Å². The maximum atomic E-state index is 4.02. The van der Waals surface area contributed by atoms with Crippen LogP contribution >= 0.6 is 0 Å². The zero-order chi connectivity index (χ0) is 11.6. The molecule has 0 saturated heterocycles. The van der Waals surface area contributed by atoms with Crippen molar-refractivity contribution in [2.24, 2.45) is 5.92 Å². The molecule has 90 valence electrons. The monoisotopic (exact) mass is 220 g/mol. The Hall–Kier alpha value is -0.890. The van der Waals surface area contributed by atoms with Gasteiger partial charge in [-0.3, -0.25) is 4.98 Å². The van der Waals surface area contributed by atoms with Crippen LogP contribution in [-0.2, 0) is 6.54 Å². The van der Waals surface area contributed by atoms with Crippen molar-refractivity contribution in [1.29, 1.82) is 0 Å². The van der Waals surface area contributed by atoms with Crippen molar-refractivity contribution in [3.63, 3.8) is 0 Å². The number of nitrogens with one attached hydrogen (secondary N) is 1. The molecule has 1 N–H and O–H groups in total. The van der Waals surface area contributed by atoms with Gasteiger partial charge in [-0.2, -0.15) is 0 Å². The summed E-state index contributed by atoms with van der Waals surface area (Å²) in [5, 5.41) is 3.53. The SMILES string of the molecule is CCCCC(CC)CNCc1ccncc1. The fourth-order valence-electron chi connectivity index (χ4n) is 1.86. The average molecular weight is 220 g/mol. The van der Waals surface area contributed by atoms with Gasteiger partial charge in [-0.05, 0) is 36.6 Å². The van der Waals surface area contributed by atoms with Gasteiger partial charge in [0, 0.05) is 18.9 Å². The molecular weight excluding hydrogens is 196 g/mol. The molecule has 1 heterocycles. The van der Waals surface area contributed by atoms with Crippen LogP contribution < -0.4 is 5.32 Å². The van der Waals surface area contributed by atoms with Crippen molar-refractivity contribution in [3.05, 3.63) is 30.1 Å². The Bertz CT molecular complexity index is 259. The van der Waals surface area contributed by atoms with E-state index in [1.807, 2.05) is 12.4 Å². The van der Waals surface area contributed by atoms with Gasteiger partial charge in [0.05, 0.1) is 0 Å². The predicted octanol–water partition coefficient (Wildman–Crippen LogP) is 3.39. The van der Waals surface area contributed by atoms with Gasteiger partial charge in [0.1, 0.15) is 0 Å². The first-order valence-electron chi connectivity index (χ1n) is 6.46. The molecule has 1 rings (SSSR count). The number of hydrogen-bond acceptors (Lipinski definition) is 2. The van der Waals surface area contributed by atoms with Crippen LogP contribution in [-0.4, -0.2) is 11.5 Å². The topological polar surface area (TPSA) is 24.9 Å². The zero-order valence-corrected chi connectivity index (χ0v) is 10.6. The number of aromatic nitrogens is 1. The molecule has 16 heavy (non-hydrogen) atoms. The van der Waals surface area contributed by atoms with Gasteiger partial charge in [0.15, 0.2) is 0 Å². The van der Waals surface area contributed by atoms with Gasteiger partial charge < -0.3 is 5.32 Å². The van der Waals surface area contributed by atoms with Crippen molar-refractivity contribution in [1.82, 2.24) is 10.3 Å². The molecule has 0 bridgehead atoms. The van der Waals surface area contributed by atoms with Crippen LogP contribution in [0.5, 0.6) is 0 Å². The minimum atomic E-state index is 0.835. The lowest BCUT2D eigenvalue weighted by Gasteiger charge is -2.15. The molecule has 0 aromatic carbocycles. The Labute approximate surface area is 99.5 Å². The summed E-state index contributed by atoms with van der Waals surface area (Å²) in [5.74, 6) is 0.835. The Morgan fingerprint density at radius 2 is 2.00 bits per heavy atom. The maximum absolute atomic E-state index is 4.02. The fraction of sp³-hybridized carbons (Fsp3) is 0.643. The summed E-state index contributed by atoms with van der Waals surface area (Å²) in [6.45, 7) is 6.65. The average Bonchev–Trinajstić information content (AvgIpc) is 2.35. The maximum Gasteiger partial charge on any atom is 0.0271 e. The van der Waals surface area contributed by atoms with E-state index in [0.717, 1.165) is 19.0 Å². The molecule has 0 aliphatic heterocycles. The molecule has 2 heteroatoms. The minimum Gasteiger partial charge on any atom is -0.312 e. The van der Waals surface area contributed by atoms with E-state index in [9.17, 15) is 0 Å². The molecule has 1 unspecified atom stereocenters. The summed E-state index contributed by atoms with van der Waals surface area (Å²) < 4.78 is 0. The second-order valence-electron chi connectivity index (χ2n) is 4.40. The first-order chi connectivity index (χ1) is 7.86. The van der Waals surface area contributed by atoms with Crippen LogP contribution in [0.3, 0.4) is 0 Å². The van der Waals surface area contributed by atoms with Gasteiger partial charge in [-0.1, -0.05) is 33.1 Å². The molecule has 0 radical (unpaired) electrons. The van der Waals surface area contributed by atoms with Crippen LogP contribution in [0.15, 0.2) is 24.5 Å². The van der Waals surface area contributed by atoms with E-state index >= 15 is 0 Å².